The van der Waals surface area contributed by atoms with Gasteiger partial charge < -0.3 is 34.2 Å². The van der Waals surface area contributed by atoms with Gasteiger partial charge in [-0.2, -0.15) is 0 Å². The third-order valence-corrected chi connectivity index (χ3v) is 10.2. The second-order valence-electron chi connectivity index (χ2n) is 16.0. The minimum atomic E-state index is -4.64. The molecule has 0 aliphatic carbocycles. The molecule has 0 bridgehead atoms. The van der Waals surface area contributed by atoms with Gasteiger partial charge in [-0.3, -0.25) is 0 Å². The van der Waals surface area contributed by atoms with E-state index in [9.17, 15) is 0 Å². The van der Waals surface area contributed by atoms with Crippen molar-refractivity contribution in [2.75, 3.05) is 0 Å². The molecule has 376 valence electrons. The lowest BCUT2D eigenvalue weighted by Crippen LogP contribution is -1.92. The SMILES string of the molecule is C=COOOOOC=CCCCCCCCCCCCCCCCCCCCC.C=COOOOOC=CCCCCCCCCCCCCCCCCCCCC.O=P(O)(O)O. The van der Waals surface area contributed by atoms with E-state index >= 15 is 0 Å². The van der Waals surface area contributed by atoms with Gasteiger partial charge in [0.25, 0.3) is 0 Å². The highest BCUT2D eigenvalue weighted by molar-refractivity contribution is 7.45. The Kier molecular flexibility index (Phi) is 64.4. The normalized spacial score (nSPS) is 11.3. The Morgan fingerprint density at radius 2 is 0.524 bits per heavy atom. The van der Waals surface area contributed by atoms with Crippen LogP contribution in [0.1, 0.15) is 258 Å². The molecule has 0 aromatic heterocycles. The van der Waals surface area contributed by atoms with Crippen molar-refractivity contribution in [2.45, 2.75) is 258 Å². The molecule has 15 heteroatoms. The summed E-state index contributed by atoms with van der Waals surface area (Å²) in [5.74, 6) is 0. The molecule has 0 amide bonds. The zero-order chi connectivity index (χ0) is 46.7. The zero-order valence-electron chi connectivity index (χ0n) is 40.0. The van der Waals surface area contributed by atoms with Crippen molar-refractivity contribution in [1.29, 1.82) is 0 Å². The number of hydrogen-bond acceptors (Lipinski definition) is 11. The lowest BCUT2D eigenvalue weighted by atomic mass is 10.0. The summed E-state index contributed by atoms with van der Waals surface area (Å²) in [5.41, 5.74) is 0. The van der Waals surface area contributed by atoms with Gasteiger partial charge in [-0.25, -0.2) is 4.57 Å². The van der Waals surface area contributed by atoms with Crippen molar-refractivity contribution in [3.63, 3.8) is 0 Å². The van der Waals surface area contributed by atoms with Crippen LogP contribution in [0.15, 0.2) is 50.4 Å². The molecule has 0 rings (SSSR count). The minimum Gasteiger partial charge on any atom is -0.315 e. The van der Waals surface area contributed by atoms with Gasteiger partial charge in [0.2, 0.25) is 0 Å². The first kappa shape index (κ1) is 65.3. The molecule has 0 aromatic carbocycles. The maximum Gasteiger partial charge on any atom is 0.466 e. The molecule has 63 heavy (non-hydrogen) atoms. The summed E-state index contributed by atoms with van der Waals surface area (Å²) in [5, 5.41) is 24.6. The third-order valence-electron chi connectivity index (χ3n) is 10.2. The zero-order valence-corrected chi connectivity index (χ0v) is 40.9. The Morgan fingerprint density at radius 1 is 0.333 bits per heavy atom. The van der Waals surface area contributed by atoms with E-state index in [1.54, 1.807) is 0 Å². The largest absolute Gasteiger partial charge is 0.466 e. The monoisotopic (exact) mass is 927 g/mol. The predicted octanol–water partition coefficient (Wildman–Crippen LogP) is 16.7. The molecule has 0 saturated heterocycles. The van der Waals surface area contributed by atoms with Crippen molar-refractivity contribution in [2.24, 2.45) is 0 Å². The molecular formula is C48H95O14P. The van der Waals surface area contributed by atoms with Crippen LogP contribution < -0.4 is 0 Å². The second-order valence-corrected chi connectivity index (χ2v) is 17.0. The lowest BCUT2D eigenvalue weighted by Gasteiger charge is -2.03. The third kappa shape index (κ3) is 80.8. The summed E-state index contributed by atoms with van der Waals surface area (Å²) in [6.07, 6.45) is 60.8. The fraction of sp³-hybridized carbons (Fsp3) is 0.833. The Labute approximate surface area is 384 Å². The van der Waals surface area contributed by atoms with E-state index in [0.29, 0.717) is 0 Å². The fourth-order valence-corrected chi connectivity index (χ4v) is 6.73. The predicted molar refractivity (Wildman–Crippen MR) is 251 cm³/mol. The number of hydrogen-bond donors (Lipinski definition) is 3. The summed E-state index contributed by atoms with van der Waals surface area (Å²) < 4.78 is 8.88. The van der Waals surface area contributed by atoms with Gasteiger partial charge in [-0.15, -0.1) is 0 Å². The van der Waals surface area contributed by atoms with Gasteiger partial charge in [0.15, 0.2) is 0 Å². The van der Waals surface area contributed by atoms with E-state index in [1.807, 2.05) is 12.2 Å². The van der Waals surface area contributed by atoms with Crippen molar-refractivity contribution < 1.29 is 69.0 Å². The van der Waals surface area contributed by atoms with Crippen molar-refractivity contribution in [1.82, 2.24) is 0 Å². The highest BCUT2D eigenvalue weighted by Crippen LogP contribution is 2.26. The van der Waals surface area contributed by atoms with Crippen molar-refractivity contribution in [3.8, 4) is 0 Å². The highest BCUT2D eigenvalue weighted by Gasteiger charge is 2.00. The van der Waals surface area contributed by atoms with Gasteiger partial charge >= 0.3 is 7.82 Å². The summed E-state index contributed by atoms with van der Waals surface area (Å²) >= 11 is 0. The van der Waals surface area contributed by atoms with Gasteiger partial charge in [0.1, 0.15) is 25.0 Å². The Morgan fingerprint density at radius 3 is 0.730 bits per heavy atom. The summed E-state index contributed by atoms with van der Waals surface area (Å²) in [6, 6.07) is 0. The number of allylic oxidation sites excluding steroid dienone is 2. The first-order valence-electron chi connectivity index (χ1n) is 24.8. The van der Waals surface area contributed by atoms with Crippen LogP contribution in [-0.4, -0.2) is 14.7 Å². The molecule has 0 unspecified atom stereocenters. The average Bonchev–Trinajstić information content (AvgIpc) is 3.26. The summed E-state index contributed by atoms with van der Waals surface area (Å²) in [4.78, 5) is 39.1. The number of rotatable bonds is 50. The minimum absolute atomic E-state index is 0.964. The number of phosphoric acid groups is 1. The van der Waals surface area contributed by atoms with E-state index < -0.39 is 7.82 Å². The van der Waals surface area contributed by atoms with Crippen LogP contribution in [0.4, 0.5) is 0 Å². The van der Waals surface area contributed by atoms with Gasteiger partial charge in [0, 0.05) is 30.2 Å². The molecule has 0 radical (unpaired) electrons. The molecule has 3 N–H and O–H groups in total. The first-order chi connectivity index (χ1) is 30.8. The van der Waals surface area contributed by atoms with Crippen molar-refractivity contribution >= 4 is 7.82 Å². The molecule has 14 nitrogen and oxygen atoms in total. The summed E-state index contributed by atoms with van der Waals surface area (Å²) in [6.45, 7) is 11.1. The van der Waals surface area contributed by atoms with E-state index in [-0.39, 0.29) is 0 Å². The molecule has 0 heterocycles. The summed E-state index contributed by atoms with van der Waals surface area (Å²) in [7, 11) is -4.64. The van der Waals surface area contributed by atoms with Gasteiger partial charge in [0.05, 0.1) is 0 Å². The molecule has 0 spiro atoms. The molecule has 0 atom stereocenters. The highest BCUT2D eigenvalue weighted by atomic mass is 31.2. The molecule has 0 aliphatic rings. The van der Waals surface area contributed by atoms with Crippen LogP contribution in [-0.2, 0) is 54.3 Å². The molecule has 0 saturated carbocycles. The van der Waals surface area contributed by atoms with E-state index in [4.69, 9.17) is 19.2 Å². The molecular weight excluding hydrogens is 831 g/mol. The van der Waals surface area contributed by atoms with Crippen LogP contribution >= 0.6 is 7.82 Å². The quantitative estimate of drug-likeness (QED) is 0.0173. The van der Waals surface area contributed by atoms with Crippen LogP contribution in [0.25, 0.3) is 0 Å². The Balaban J connectivity index is -0.00000103. The smallest absolute Gasteiger partial charge is 0.315 e. The van der Waals surface area contributed by atoms with Gasteiger partial charge in [-0.1, -0.05) is 245 Å². The molecule has 0 aromatic rings. The van der Waals surface area contributed by atoms with E-state index in [0.717, 1.165) is 38.2 Å². The van der Waals surface area contributed by atoms with Crippen LogP contribution in [0.5, 0.6) is 0 Å². The Hall–Kier alpha value is -1.97. The van der Waals surface area contributed by atoms with Crippen LogP contribution in [0.2, 0.25) is 0 Å². The second kappa shape index (κ2) is 62.1. The van der Waals surface area contributed by atoms with E-state index in [1.165, 1.54) is 231 Å². The van der Waals surface area contributed by atoms with Crippen molar-refractivity contribution in [3.05, 3.63) is 50.4 Å². The first-order valence-corrected chi connectivity index (χ1v) is 26.3. The molecule has 0 fully saturated rings. The topological polar surface area (TPSA) is 170 Å². The molecule has 0 aliphatic heterocycles. The fourth-order valence-electron chi connectivity index (χ4n) is 6.73. The maximum absolute atomic E-state index is 8.88. The maximum atomic E-state index is 8.88. The average molecular weight is 927 g/mol. The van der Waals surface area contributed by atoms with Crippen LogP contribution in [0.3, 0.4) is 0 Å². The standard InChI is InChI=1S/2C24H46O5.H3O4P/c2*1-3-5-6-7-8-9-10-11-12-13-14-15-16-17-18-19-20-21-22-23-24-26-28-29-27-25-4-2;1-5(2,3)4/h2*4,23-24H,2-3,5-22H2,1H3;(H3,1,2,3,4). The van der Waals surface area contributed by atoms with Gasteiger partial charge in [-0.05, 0) is 37.8 Å². The lowest BCUT2D eigenvalue weighted by molar-refractivity contribution is -0.692. The van der Waals surface area contributed by atoms with Crippen LogP contribution in [0, 0.1) is 0 Å². The van der Waals surface area contributed by atoms with E-state index in [2.05, 4.69) is 76.8 Å². The number of unbranched alkanes of at least 4 members (excludes halogenated alkanes) is 36. The Bertz CT molecular complexity index is 878.